The molecular weight excluding hydrogens is 744 g/mol. The van der Waals surface area contributed by atoms with E-state index in [1.165, 1.54) is 0 Å². The Bertz CT molecular complexity index is 2200. The van der Waals surface area contributed by atoms with E-state index in [9.17, 15) is 9.59 Å². The van der Waals surface area contributed by atoms with Crippen molar-refractivity contribution in [1.82, 2.24) is 0 Å². The van der Waals surface area contributed by atoms with E-state index in [0.717, 1.165) is 65.9 Å². The molecule has 0 atom stereocenters. The van der Waals surface area contributed by atoms with Crippen LogP contribution in [-0.2, 0) is 9.59 Å². The Balaban J connectivity index is 1.46. The lowest BCUT2D eigenvalue weighted by Gasteiger charge is -2.31. The summed E-state index contributed by atoms with van der Waals surface area (Å²) >= 11 is 3.72. The Morgan fingerprint density at radius 2 is 0.855 bits per heavy atom. The van der Waals surface area contributed by atoms with Crippen molar-refractivity contribution < 1.29 is 9.59 Å². The molecular formula is C48H53BrN4O2. The quantitative estimate of drug-likeness (QED) is 0.233. The van der Waals surface area contributed by atoms with Gasteiger partial charge in [-0.15, -0.1) is 5.11 Å². The van der Waals surface area contributed by atoms with Crippen molar-refractivity contribution in [2.45, 2.75) is 83.1 Å². The minimum absolute atomic E-state index is 0.0913. The second kappa shape index (κ2) is 15.7. The zero-order valence-corrected chi connectivity index (χ0v) is 35.9. The maximum Gasteiger partial charge on any atom is 0.186 e. The van der Waals surface area contributed by atoms with E-state index in [1.807, 2.05) is 72.8 Å². The first-order chi connectivity index (χ1) is 25.5. The maximum absolute atomic E-state index is 13.4. The molecule has 3 aromatic rings. The van der Waals surface area contributed by atoms with Crippen LogP contribution in [-0.4, -0.2) is 11.6 Å². The zero-order valence-electron chi connectivity index (χ0n) is 34.3. The summed E-state index contributed by atoms with van der Waals surface area (Å²) in [7, 11) is 0. The number of allylic oxidation sites excluding steroid dienone is 10. The van der Waals surface area contributed by atoms with Gasteiger partial charge in [-0.25, -0.2) is 0 Å². The molecule has 0 bridgehead atoms. The van der Waals surface area contributed by atoms with Crippen molar-refractivity contribution in [3.05, 3.63) is 141 Å². The number of rotatable bonds is 6. The monoisotopic (exact) mass is 796 g/mol. The first kappa shape index (κ1) is 41.3. The summed E-state index contributed by atoms with van der Waals surface area (Å²) in [6, 6.07) is 22.3. The van der Waals surface area contributed by atoms with Gasteiger partial charge >= 0.3 is 0 Å². The second-order valence-corrected chi connectivity index (χ2v) is 19.2. The fourth-order valence-electron chi connectivity index (χ4n) is 6.41. The van der Waals surface area contributed by atoms with Crippen LogP contribution in [0.5, 0.6) is 0 Å². The summed E-state index contributed by atoms with van der Waals surface area (Å²) in [5, 5.41) is 18.2. The van der Waals surface area contributed by atoms with E-state index in [1.54, 1.807) is 12.4 Å². The Morgan fingerprint density at radius 1 is 0.473 bits per heavy atom. The third kappa shape index (κ3) is 9.87. The van der Waals surface area contributed by atoms with E-state index in [4.69, 9.17) is 0 Å². The molecule has 0 N–H and O–H groups in total. The lowest BCUT2D eigenvalue weighted by atomic mass is 9.72. The van der Waals surface area contributed by atoms with Crippen molar-refractivity contribution in [2.24, 2.45) is 42.1 Å². The third-order valence-electron chi connectivity index (χ3n) is 9.56. The average molecular weight is 798 g/mol. The number of hydrogen-bond donors (Lipinski definition) is 0. The lowest BCUT2D eigenvalue weighted by Crippen LogP contribution is -2.27. The van der Waals surface area contributed by atoms with Crippen LogP contribution < -0.4 is 0 Å². The molecule has 284 valence electrons. The van der Waals surface area contributed by atoms with Gasteiger partial charge < -0.3 is 0 Å². The number of azo groups is 2. The predicted molar refractivity (Wildman–Crippen MR) is 230 cm³/mol. The molecule has 7 heteroatoms. The number of Topliss-reactive ketones (excluding diaryl/α,β-unsaturated/α-hetero) is 2. The summed E-state index contributed by atoms with van der Waals surface area (Å²) in [4.78, 5) is 26.7. The van der Waals surface area contributed by atoms with Gasteiger partial charge in [0, 0.05) is 32.3 Å². The molecule has 2 aliphatic carbocycles. The van der Waals surface area contributed by atoms with E-state index in [2.05, 4.69) is 138 Å². The standard InChI is InChI=1S/C48H53BrN4O2/c1-45(2,3)36-22-30(23-37(43(36)54)46(4,5)6)28-50-52-41-20-18-33(26-35(41)32-16-14-13-15-17-32)34-19-21-42(40(49)27-34)53-51-29-31-24-38(47(7,8)9)44(55)39(25-31)48(10,11)12/h13-29H,1-12H3/b52-50+,53-51+. The first-order valence-corrected chi connectivity index (χ1v) is 19.5. The van der Waals surface area contributed by atoms with Crippen molar-refractivity contribution in [2.75, 3.05) is 0 Å². The SMILES string of the molecule is CC(C)(C)C1=CC(=C/N=N/c2ccc(-c3ccc(/N=N/C=C4C=C(C(C)(C)C)C(=O)C(C(C)(C)C)=C4)c(-c4ccccc4)c3)cc2Br)C=C(C(C)(C)C)C1=O. The smallest absolute Gasteiger partial charge is 0.186 e. The minimum Gasteiger partial charge on any atom is -0.289 e. The topological polar surface area (TPSA) is 83.6 Å². The highest BCUT2D eigenvalue weighted by Gasteiger charge is 2.35. The van der Waals surface area contributed by atoms with Gasteiger partial charge in [0.2, 0.25) is 0 Å². The highest BCUT2D eigenvalue weighted by Crippen LogP contribution is 2.41. The second-order valence-electron chi connectivity index (χ2n) is 18.3. The summed E-state index contributed by atoms with van der Waals surface area (Å²) in [6.07, 6.45) is 11.2. The molecule has 0 radical (unpaired) electrons. The summed E-state index contributed by atoms with van der Waals surface area (Å²) in [5.74, 6) is 0.183. The van der Waals surface area contributed by atoms with Crippen LogP contribution in [0.3, 0.4) is 0 Å². The number of benzene rings is 3. The van der Waals surface area contributed by atoms with Gasteiger partial charge in [-0.2, -0.15) is 15.3 Å². The van der Waals surface area contributed by atoms with E-state index in [-0.39, 0.29) is 33.2 Å². The molecule has 0 saturated carbocycles. The largest absolute Gasteiger partial charge is 0.289 e. The van der Waals surface area contributed by atoms with Crippen molar-refractivity contribution in [3.63, 3.8) is 0 Å². The number of ketones is 2. The number of carbonyl (C=O) groups is 2. The van der Waals surface area contributed by atoms with Crippen LogP contribution >= 0.6 is 15.9 Å². The molecule has 0 saturated heterocycles. The van der Waals surface area contributed by atoms with E-state index in [0.29, 0.717) is 5.69 Å². The van der Waals surface area contributed by atoms with Crippen molar-refractivity contribution >= 4 is 38.9 Å². The molecule has 5 rings (SSSR count). The molecule has 3 aromatic carbocycles. The van der Waals surface area contributed by atoms with Gasteiger partial charge in [-0.3, -0.25) is 9.59 Å². The van der Waals surface area contributed by atoms with Crippen molar-refractivity contribution in [3.8, 4) is 22.3 Å². The number of nitrogens with zero attached hydrogens (tertiary/aromatic N) is 4. The molecule has 6 nitrogen and oxygen atoms in total. The number of hydrogen-bond acceptors (Lipinski definition) is 6. The van der Waals surface area contributed by atoms with Gasteiger partial charge in [0.05, 0.1) is 23.8 Å². The molecule has 0 spiro atoms. The summed E-state index contributed by atoms with van der Waals surface area (Å²) in [6.45, 7) is 24.7. The fourth-order valence-corrected chi connectivity index (χ4v) is 6.87. The molecule has 55 heavy (non-hydrogen) atoms. The molecule has 0 aliphatic heterocycles. The van der Waals surface area contributed by atoms with Crippen molar-refractivity contribution in [1.29, 1.82) is 0 Å². The van der Waals surface area contributed by atoms with Gasteiger partial charge in [0.1, 0.15) is 0 Å². The van der Waals surface area contributed by atoms with Crippen LogP contribution in [0, 0.1) is 21.7 Å². The summed E-state index contributed by atoms with van der Waals surface area (Å²) in [5.41, 5.74) is 8.97. The Hall–Kier alpha value is -4.88. The van der Waals surface area contributed by atoms with E-state index < -0.39 is 0 Å². The molecule has 2 aliphatic rings. The van der Waals surface area contributed by atoms with Crippen LogP contribution in [0.25, 0.3) is 22.3 Å². The fraction of sp³-hybridized carbons (Fsp3) is 0.333. The van der Waals surface area contributed by atoms with Gasteiger partial charge in [-0.05, 0) is 114 Å². The normalized spacial score (nSPS) is 16.0. The molecule has 0 unspecified atom stereocenters. The van der Waals surface area contributed by atoms with Gasteiger partial charge in [0.15, 0.2) is 11.6 Å². The van der Waals surface area contributed by atoms with Crippen LogP contribution in [0.1, 0.15) is 83.1 Å². The third-order valence-corrected chi connectivity index (χ3v) is 10.2. The maximum atomic E-state index is 13.4. The Morgan fingerprint density at radius 3 is 1.25 bits per heavy atom. The Kier molecular flexibility index (Phi) is 11.8. The lowest BCUT2D eigenvalue weighted by molar-refractivity contribution is -0.114. The van der Waals surface area contributed by atoms with Crippen LogP contribution in [0.15, 0.2) is 162 Å². The van der Waals surface area contributed by atoms with Gasteiger partial charge in [0.25, 0.3) is 0 Å². The van der Waals surface area contributed by atoms with Gasteiger partial charge in [-0.1, -0.05) is 126 Å². The number of halogens is 1. The van der Waals surface area contributed by atoms with E-state index >= 15 is 0 Å². The van der Waals surface area contributed by atoms with Crippen LogP contribution in [0.2, 0.25) is 0 Å². The van der Waals surface area contributed by atoms with Crippen LogP contribution in [0.4, 0.5) is 11.4 Å². The molecule has 0 amide bonds. The molecule has 0 fully saturated rings. The highest BCUT2D eigenvalue weighted by molar-refractivity contribution is 9.10. The predicted octanol–water partition coefficient (Wildman–Crippen LogP) is 14.8. The Labute approximate surface area is 335 Å². The number of carbonyl (C=O) groups excluding carboxylic acids is 2. The first-order valence-electron chi connectivity index (χ1n) is 18.7. The summed E-state index contributed by atoms with van der Waals surface area (Å²) < 4.78 is 0.802. The minimum atomic E-state index is -0.304. The zero-order chi connectivity index (χ0) is 40.5. The highest BCUT2D eigenvalue weighted by atomic mass is 79.9. The average Bonchev–Trinajstić information content (AvgIpc) is 3.08. The molecule has 0 heterocycles. The molecule has 0 aromatic heterocycles.